The highest BCUT2D eigenvalue weighted by Crippen LogP contribution is 2.15. The van der Waals surface area contributed by atoms with Crippen molar-refractivity contribution in [1.82, 2.24) is 0 Å². The van der Waals surface area contributed by atoms with Gasteiger partial charge in [-0.3, -0.25) is 9.59 Å². The number of anilines is 2. The molecular formula is C16H25N3O2. The SMILES string of the molecule is CCC(C)[C@H](N)C(=O)Nc1ccc(NC(=O)C(C)C)cc1. The van der Waals surface area contributed by atoms with E-state index in [1.165, 1.54) is 0 Å². The van der Waals surface area contributed by atoms with Gasteiger partial charge in [0.1, 0.15) is 0 Å². The first-order chi connectivity index (χ1) is 9.85. The zero-order valence-corrected chi connectivity index (χ0v) is 13.1. The molecule has 0 saturated carbocycles. The molecule has 0 heterocycles. The molecule has 21 heavy (non-hydrogen) atoms. The lowest BCUT2D eigenvalue weighted by Gasteiger charge is -2.17. The topological polar surface area (TPSA) is 84.2 Å². The van der Waals surface area contributed by atoms with Crippen LogP contribution in [0.2, 0.25) is 0 Å². The van der Waals surface area contributed by atoms with Gasteiger partial charge in [0, 0.05) is 17.3 Å². The van der Waals surface area contributed by atoms with Crippen LogP contribution in [0.5, 0.6) is 0 Å². The van der Waals surface area contributed by atoms with Gasteiger partial charge in [-0.2, -0.15) is 0 Å². The average molecular weight is 291 g/mol. The summed E-state index contributed by atoms with van der Waals surface area (Å²) >= 11 is 0. The van der Waals surface area contributed by atoms with Crippen molar-refractivity contribution in [3.05, 3.63) is 24.3 Å². The van der Waals surface area contributed by atoms with Crippen molar-refractivity contribution >= 4 is 23.2 Å². The molecule has 1 aromatic rings. The maximum Gasteiger partial charge on any atom is 0.241 e. The second-order valence-electron chi connectivity index (χ2n) is 5.62. The first-order valence-electron chi connectivity index (χ1n) is 7.32. The van der Waals surface area contributed by atoms with Crippen LogP contribution < -0.4 is 16.4 Å². The molecule has 1 unspecified atom stereocenters. The van der Waals surface area contributed by atoms with Gasteiger partial charge in [0.25, 0.3) is 0 Å². The Labute approximate surface area is 126 Å². The second kappa shape index (κ2) is 7.78. The van der Waals surface area contributed by atoms with E-state index in [4.69, 9.17) is 5.73 Å². The predicted molar refractivity (Wildman–Crippen MR) is 86.0 cm³/mol. The van der Waals surface area contributed by atoms with E-state index in [0.717, 1.165) is 6.42 Å². The van der Waals surface area contributed by atoms with Crippen LogP contribution in [-0.4, -0.2) is 17.9 Å². The quantitative estimate of drug-likeness (QED) is 0.753. The third-order valence-electron chi connectivity index (χ3n) is 3.50. The molecule has 4 N–H and O–H groups in total. The number of carbonyl (C=O) groups is 2. The summed E-state index contributed by atoms with van der Waals surface area (Å²) in [5.41, 5.74) is 7.25. The van der Waals surface area contributed by atoms with E-state index in [1.54, 1.807) is 24.3 Å². The van der Waals surface area contributed by atoms with Crippen molar-refractivity contribution < 1.29 is 9.59 Å². The van der Waals surface area contributed by atoms with Crippen LogP contribution >= 0.6 is 0 Å². The molecule has 0 bridgehead atoms. The Kier molecular flexibility index (Phi) is 6.37. The van der Waals surface area contributed by atoms with Crippen LogP contribution in [0.25, 0.3) is 0 Å². The minimum absolute atomic E-state index is 0.0365. The van der Waals surface area contributed by atoms with E-state index in [9.17, 15) is 9.59 Å². The highest BCUT2D eigenvalue weighted by atomic mass is 16.2. The highest BCUT2D eigenvalue weighted by Gasteiger charge is 2.19. The summed E-state index contributed by atoms with van der Waals surface area (Å²) in [4.78, 5) is 23.5. The summed E-state index contributed by atoms with van der Waals surface area (Å²) in [5, 5.41) is 5.58. The molecule has 2 atom stereocenters. The molecule has 1 aromatic carbocycles. The van der Waals surface area contributed by atoms with E-state index >= 15 is 0 Å². The molecule has 5 heteroatoms. The van der Waals surface area contributed by atoms with Gasteiger partial charge in [-0.05, 0) is 30.2 Å². The summed E-state index contributed by atoms with van der Waals surface area (Å²) in [7, 11) is 0. The van der Waals surface area contributed by atoms with Gasteiger partial charge in [-0.25, -0.2) is 0 Å². The fraction of sp³-hybridized carbons (Fsp3) is 0.500. The molecule has 5 nitrogen and oxygen atoms in total. The first kappa shape index (κ1) is 17.2. The summed E-state index contributed by atoms with van der Waals surface area (Å²) in [6.45, 7) is 7.62. The fourth-order valence-electron chi connectivity index (χ4n) is 1.66. The molecule has 2 amide bonds. The van der Waals surface area contributed by atoms with E-state index in [-0.39, 0.29) is 23.7 Å². The zero-order valence-electron chi connectivity index (χ0n) is 13.1. The molecule has 0 spiro atoms. The van der Waals surface area contributed by atoms with Gasteiger partial charge >= 0.3 is 0 Å². The van der Waals surface area contributed by atoms with Crippen molar-refractivity contribution in [2.24, 2.45) is 17.6 Å². The monoisotopic (exact) mass is 291 g/mol. The van der Waals surface area contributed by atoms with Gasteiger partial charge in [-0.1, -0.05) is 34.1 Å². The number of carbonyl (C=O) groups excluding carboxylic acids is 2. The van der Waals surface area contributed by atoms with Crippen molar-refractivity contribution in [2.75, 3.05) is 10.6 Å². The third-order valence-corrected chi connectivity index (χ3v) is 3.50. The first-order valence-corrected chi connectivity index (χ1v) is 7.32. The van der Waals surface area contributed by atoms with E-state index < -0.39 is 6.04 Å². The summed E-state index contributed by atoms with van der Waals surface area (Å²) in [6.07, 6.45) is 0.856. The number of rotatable bonds is 6. The normalized spacial score (nSPS) is 13.6. The van der Waals surface area contributed by atoms with Crippen molar-refractivity contribution in [3.63, 3.8) is 0 Å². The van der Waals surface area contributed by atoms with Crippen LogP contribution in [0.4, 0.5) is 11.4 Å². The minimum atomic E-state index is -0.518. The Morgan fingerprint density at radius 3 is 1.81 bits per heavy atom. The molecule has 0 radical (unpaired) electrons. The van der Waals surface area contributed by atoms with Gasteiger partial charge in [0.2, 0.25) is 11.8 Å². The molecule has 1 rings (SSSR count). The lowest BCUT2D eigenvalue weighted by molar-refractivity contribution is -0.119. The summed E-state index contributed by atoms with van der Waals surface area (Å²) in [5.74, 6) is -0.165. The van der Waals surface area contributed by atoms with Gasteiger partial charge in [0.05, 0.1) is 6.04 Å². The number of nitrogens with two attached hydrogens (primary N) is 1. The maximum absolute atomic E-state index is 12.0. The Hall–Kier alpha value is -1.88. The van der Waals surface area contributed by atoms with E-state index in [0.29, 0.717) is 11.4 Å². The Morgan fingerprint density at radius 1 is 1.00 bits per heavy atom. The number of hydrogen-bond donors (Lipinski definition) is 3. The fourth-order valence-corrected chi connectivity index (χ4v) is 1.66. The number of nitrogens with one attached hydrogen (secondary N) is 2. The second-order valence-corrected chi connectivity index (χ2v) is 5.62. The van der Waals surface area contributed by atoms with Crippen LogP contribution in [0.1, 0.15) is 34.1 Å². The standard InChI is InChI=1S/C16H25N3O2/c1-5-11(4)14(17)16(21)19-13-8-6-12(7-9-13)18-15(20)10(2)3/h6-11,14H,5,17H2,1-4H3,(H,18,20)(H,19,21)/t11?,14-/m0/s1. The van der Waals surface area contributed by atoms with Crippen LogP contribution in [0.15, 0.2) is 24.3 Å². The molecular weight excluding hydrogens is 266 g/mol. The molecule has 0 saturated heterocycles. The van der Waals surface area contributed by atoms with Crippen molar-refractivity contribution in [2.45, 2.75) is 40.2 Å². The number of hydrogen-bond acceptors (Lipinski definition) is 3. The largest absolute Gasteiger partial charge is 0.326 e. The van der Waals surface area contributed by atoms with E-state index in [1.807, 2.05) is 27.7 Å². The Balaban J connectivity index is 2.62. The lowest BCUT2D eigenvalue weighted by atomic mass is 9.99. The maximum atomic E-state index is 12.0. The number of benzene rings is 1. The molecule has 0 aliphatic heterocycles. The molecule has 0 fully saturated rings. The van der Waals surface area contributed by atoms with Crippen LogP contribution in [-0.2, 0) is 9.59 Å². The van der Waals surface area contributed by atoms with Crippen LogP contribution in [0, 0.1) is 11.8 Å². The Morgan fingerprint density at radius 2 is 1.43 bits per heavy atom. The zero-order chi connectivity index (χ0) is 16.0. The van der Waals surface area contributed by atoms with E-state index in [2.05, 4.69) is 10.6 Å². The third kappa shape index (κ3) is 5.19. The molecule has 0 aromatic heterocycles. The van der Waals surface area contributed by atoms with Crippen molar-refractivity contribution in [1.29, 1.82) is 0 Å². The highest BCUT2D eigenvalue weighted by molar-refractivity contribution is 5.95. The molecule has 0 aliphatic carbocycles. The minimum Gasteiger partial charge on any atom is -0.326 e. The summed E-state index contributed by atoms with van der Waals surface area (Å²) in [6, 6.07) is 6.49. The molecule has 116 valence electrons. The number of amides is 2. The predicted octanol–water partition coefficient (Wildman–Crippen LogP) is 2.59. The molecule has 0 aliphatic rings. The average Bonchev–Trinajstić information content (AvgIpc) is 2.47. The van der Waals surface area contributed by atoms with Gasteiger partial charge in [0.15, 0.2) is 0 Å². The van der Waals surface area contributed by atoms with Crippen LogP contribution in [0.3, 0.4) is 0 Å². The smallest absolute Gasteiger partial charge is 0.241 e. The Bertz CT molecular complexity index is 483. The van der Waals surface area contributed by atoms with Crippen molar-refractivity contribution in [3.8, 4) is 0 Å². The lowest BCUT2D eigenvalue weighted by Crippen LogP contribution is -2.40. The summed E-state index contributed by atoms with van der Waals surface area (Å²) < 4.78 is 0. The van der Waals surface area contributed by atoms with Gasteiger partial charge in [-0.15, -0.1) is 0 Å². The van der Waals surface area contributed by atoms with Gasteiger partial charge < -0.3 is 16.4 Å².